The number of hydrogen-bond acceptors (Lipinski definition) is 2. The van der Waals surface area contributed by atoms with Crippen LogP contribution >= 0.6 is 0 Å². The largest absolute Gasteiger partial charge is 0.392 e. The summed E-state index contributed by atoms with van der Waals surface area (Å²) in [6, 6.07) is 1.69. The Labute approximate surface area is 86.7 Å². The molecule has 2 atom stereocenters. The van der Waals surface area contributed by atoms with E-state index in [1.807, 2.05) is 0 Å². The highest BCUT2D eigenvalue weighted by molar-refractivity contribution is 5.12. The van der Waals surface area contributed by atoms with E-state index in [4.69, 9.17) is 0 Å². The second-order valence-corrected chi connectivity index (χ2v) is 4.15. The van der Waals surface area contributed by atoms with Crippen LogP contribution in [0.3, 0.4) is 0 Å². The van der Waals surface area contributed by atoms with Crippen molar-refractivity contribution in [3.8, 4) is 0 Å². The normalized spacial score (nSPS) is 30.4. The summed E-state index contributed by atoms with van der Waals surface area (Å²) in [4.78, 5) is 0. The monoisotopic (exact) mass is 216 g/mol. The van der Waals surface area contributed by atoms with Crippen LogP contribution in [-0.2, 0) is 7.05 Å². The maximum absolute atomic E-state index is 13.2. The quantitative estimate of drug-likeness (QED) is 0.775. The highest BCUT2D eigenvalue weighted by Crippen LogP contribution is 2.41. The van der Waals surface area contributed by atoms with Crippen molar-refractivity contribution in [1.29, 1.82) is 0 Å². The Morgan fingerprint density at radius 2 is 2.33 bits per heavy atom. The average Bonchev–Trinajstić information content (AvgIpc) is 2.56. The molecule has 0 aromatic carbocycles. The van der Waals surface area contributed by atoms with Gasteiger partial charge in [-0.05, 0) is 12.5 Å². The zero-order valence-corrected chi connectivity index (χ0v) is 8.53. The van der Waals surface area contributed by atoms with Gasteiger partial charge < -0.3 is 5.11 Å². The van der Waals surface area contributed by atoms with E-state index in [0.717, 1.165) is 0 Å². The summed E-state index contributed by atoms with van der Waals surface area (Å²) in [7, 11) is 1.70. The van der Waals surface area contributed by atoms with Crippen LogP contribution in [0.25, 0.3) is 0 Å². The van der Waals surface area contributed by atoms with Crippen molar-refractivity contribution in [1.82, 2.24) is 9.78 Å². The van der Waals surface area contributed by atoms with E-state index in [-0.39, 0.29) is 19.3 Å². The van der Waals surface area contributed by atoms with Gasteiger partial charge in [-0.25, -0.2) is 8.78 Å². The fourth-order valence-corrected chi connectivity index (χ4v) is 2.17. The van der Waals surface area contributed by atoms with Crippen molar-refractivity contribution in [2.24, 2.45) is 7.05 Å². The first-order chi connectivity index (χ1) is 6.99. The third-order valence-corrected chi connectivity index (χ3v) is 3.03. The number of hydrogen-bond donors (Lipinski definition) is 1. The molecule has 0 aliphatic heterocycles. The summed E-state index contributed by atoms with van der Waals surface area (Å²) in [5.41, 5.74) is 0.682. The summed E-state index contributed by atoms with van der Waals surface area (Å²) in [6.07, 6.45) is 0.536. The van der Waals surface area contributed by atoms with Crippen molar-refractivity contribution in [3.05, 3.63) is 18.0 Å². The van der Waals surface area contributed by atoms with Crippen LogP contribution in [0.4, 0.5) is 8.78 Å². The molecule has 1 saturated carbocycles. The van der Waals surface area contributed by atoms with Crippen LogP contribution in [-0.4, -0.2) is 26.9 Å². The van der Waals surface area contributed by atoms with E-state index in [1.54, 1.807) is 24.0 Å². The Hall–Kier alpha value is -0.970. The zero-order chi connectivity index (χ0) is 11.1. The molecule has 5 heteroatoms. The Bertz CT molecular complexity index is 351. The topological polar surface area (TPSA) is 38.0 Å². The molecule has 1 heterocycles. The molecule has 0 radical (unpaired) electrons. The van der Waals surface area contributed by atoms with Gasteiger partial charge in [0.2, 0.25) is 5.92 Å². The lowest BCUT2D eigenvalue weighted by Gasteiger charge is -2.33. The maximum Gasteiger partial charge on any atom is 0.249 e. The molecule has 15 heavy (non-hydrogen) atoms. The Kier molecular flexibility index (Phi) is 2.50. The number of halogens is 2. The second kappa shape index (κ2) is 3.56. The molecule has 84 valence electrons. The van der Waals surface area contributed by atoms with Gasteiger partial charge in [0.15, 0.2) is 0 Å². The first-order valence-corrected chi connectivity index (χ1v) is 5.03. The van der Waals surface area contributed by atoms with E-state index >= 15 is 0 Å². The van der Waals surface area contributed by atoms with Crippen molar-refractivity contribution >= 4 is 0 Å². The van der Waals surface area contributed by atoms with E-state index in [1.165, 1.54) is 0 Å². The molecule has 3 nitrogen and oxygen atoms in total. The van der Waals surface area contributed by atoms with Gasteiger partial charge in [-0.1, -0.05) is 0 Å². The van der Waals surface area contributed by atoms with E-state index < -0.39 is 17.9 Å². The van der Waals surface area contributed by atoms with Crippen molar-refractivity contribution in [3.63, 3.8) is 0 Å². The molecule has 2 unspecified atom stereocenters. The van der Waals surface area contributed by atoms with Gasteiger partial charge in [0.05, 0.1) is 6.10 Å². The van der Waals surface area contributed by atoms with Crippen LogP contribution in [0.2, 0.25) is 0 Å². The molecule has 0 spiro atoms. The summed E-state index contributed by atoms with van der Waals surface area (Å²) in [5.74, 6) is -3.16. The highest BCUT2D eigenvalue weighted by Gasteiger charge is 2.42. The van der Waals surface area contributed by atoms with E-state index in [9.17, 15) is 13.9 Å². The smallest absolute Gasteiger partial charge is 0.249 e. The van der Waals surface area contributed by atoms with Crippen LogP contribution in [0.5, 0.6) is 0 Å². The third-order valence-electron chi connectivity index (χ3n) is 3.03. The number of rotatable bonds is 1. The maximum atomic E-state index is 13.2. The molecule has 1 N–H and O–H groups in total. The molecule has 1 aromatic heterocycles. The van der Waals surface area contributed by atoms with Gasteiger partial charge in [-0.2, -0.15) is 5.10 Å². The second-order valence-electron chi connectivity index (χ2n) is 4.15. The molecule has 1 aromatic rings. The van der Waals surface area contributed by atoms with Crippen LogP contribution in [0, 0.1) is 0 Å². The summed E-state index contributed by atoms with van der Waals surface area (Å²) in [6.45, 7) is 0. The zero-order valence-electron chi connectivity index (χ0n) is 8.53. The molecule has 0 saturated heterocycles. The number of aromatic nitrogens is 2. The van der Waals surface area contributed by atoms with Gasteiger partial charge in [0, 0.05) is 37.7 Å². The Morgan fingerprint density at radius 1 is 1.60 bits per heavy atom. The van der Waals surface area contributed by atoms with E-state index in [0.29, 0.717) is 5.69 Å². The predicted molar refractivity (Wildman–Crippen MR) is 50.8 cm³/mol. The molecule has 1 fully saturated rings. The Balaban J connectivity index is 2.24. The number of aliphatic hydroxyl groups excluding tert-OH is 1. The number of aliphatic hydroxyl groups is 1. The average molecular weight is 216 g/mol. The molecular weight excluding hydrogens is 202 g/mol. The predicted octanol–water partition coefficient (Wildman–Crippen LogP) is 1.68. The summed E-state index contributed by atoms with van der Waals surface area (Å²) in [5, 5.41) is 13.7. The lowest BCUT2D eigenvalue weighted by molar-refractivity contribution is -0.0751. The third kappa shape index (κ3) is 2.02. The Morgan fingerprint density at radius 3 is 2.93 bits per heavy atom. The fourth-order valence-electron chi connectivity index (χ4n) is 2.17. The first-order valence-electron chi connectivity index (χ1n) is 5.03. The van der Waals surface area contributed by atoms with Gasteiger partial charge in [0.25, 0.3) is 0 Å². The minimum absolute atomic E-state index is 0.156. The lowest BCUT2D eigenvalue weighted by Crippen LogP contribution is -2.35. The SMILES string of the molecule is Cn1nccc1C1CC(F)(F)CCC1O. The standard InChI is InChI=1S/C10H14F2N2O/c1-14-8(3-5-13-14)7-6-10(11,12)4-2-9(7)15/h3,5,7,9,15H,2,4,6H2,1H3. The van der Waals surface area contributed by atoms with Gasteiger partial charge in [0.1, 0.15) is 0 Å². The van der Waals surface area contributed by atoms with Gasteiger partial charge >= 0.3 is 0 Å². The van der Waals surface area contributed by atoms with Crippen molar-refractivity contribution < 1.29 is 13.9 Å². The minimum atomic E-state index is -2.66. The van der Waals surface area contributed by atoms with E-state index in [2.05, 4.69) is 5.10 Å². The van der Waals surface area contributed by atoms with Crippen molar-refractivity contribution in [2.75, 3.05) is 0 Å². The molecule has 1 aliphatic carbocycles. The van der Waals surface area contributed by atoms with Crippen LogP contribution in [0.1, 0.15) is 30.9 Å². The number of nitrogens with zero attached hydrogens (tertiary/aromatic N) is 2. The summed E-state index contributed by atoms with van der Waals surface area (Å²) >= 11 is 0. The molecule has 0 bridgehead atoms. The van der Waals surface area contributed by atoms with Crippen molar-refractivity contribution in [2.45, 2.75) is 37.2 Å². The summed E-state index contributed by atoms with van der Waals surface area (Å²) < 4.78 is 28.0. The lowest BCUT2D eigenvalue weighted by atomic mass is 9.82. The van der Waals surface area contributed by atoms with Gasteiger partial charge in [-0.15, -0.1) is 0 Å². The first kappa shape index (κ1) is 10.5. The van der Waals surface area contributed by atoms with Gasteiger partial charge in [-0.3, -0.25) is 4.68 Å². The fraction of sp³-hybridized carbons (Fsp3) is 0.700. The molecule has 1 aliphatic rings. The molecule has 2 rings (SSSR count). The minimum Gasteiger partial charge on any atom is -0.392 e. The van der Waals surface area contributed by atoms with Crippen LogP contribution in [0.15, 0.2) is 12.3 Å². The highest BCUT2D eigenvalue weighted by atomic mass is 19.3. The number of alkyl halides is 2. The molecular formula is C10H14F2N2O. The van der Waals surface area contributed by atoms with Crippen LogP contribution < -0.4 is 0 Å². The molecule has 0 amide bonds. The number of aryl methyl sites for hydroxylation is 1.